The van der Waals surface area contributed by atoms with Crippen molar-refractivity contribution in [2.24, 2.45) is 4.99 Å². The van der Waals surface area contributed by atoms with Crippen molar-refractivity contribution in [2.45, 2.75) is 32.7 Å². The minimum Gasteiger partial charge on any atom is -0.356 e. The van der Waals surface area contributed by atoms with E-state index in [0.29, 0.717) is 6.54 Å². The Labute approximate surface area is 151 Å². The molecule has 0 amide bonds. The molecule has 1 saturated heterocycles. The number of aryl methyl sites for hydroxylation is 1. The molecule has 0 aliphatic carbocycles. The minimum atomic E-state index is 0.702. The highest BCUT2D eigenvalue weighted by atomic mass is 32.1. The van der Waals surface area contributed by atoms with Gasteiger partial charge in [0.15, 0.2) is 11.1 Å². The second kappa shape index (κ2) is 8.43. The first-order chi connectivity index (χ1) is 11.7. The molecular formula is C16H24N6S2. The summed E-state index contributed by atoms with van der Waals surface area (Å²) >= 11 is 3.46. The number of guanidine groups is 1. The third-order valence-electron chi connectivity index (χ3n) is 3.89. The van der Waals surface area contributed by atoms with Crippen molar-refractivity contribution in [3.05, 3.63) is 27.2 Å². The smallest absolute Gasteiger partial charge is 0.191 e. The highest BCUT2D eigenvalue weighted by Gasteiger charge is 2.15. The Morgan fingerprint density at radius 2 is 2.17 bits per heavy atom. The maximum Gasteiger partial charge on any atom is 0.191 e. The second-order valence-electron chi connectivity index (χ2n) is 5.78. The van der Waals surface area contributed by atoms with Gasteiger partial charge >= 0.3 is 0 Å². The van der Waals surface area contributed by atoms with E-state index in [1.54, 1.807) is 29.7 Å². The van der Waals surface area contributed by atoms with E-state index in [1.807, 2.05) is 6.20 Å². The third kappa shape index (κ3) is 4.67. The standard InChI is InChI=1S/C16H24N6S2/c1-12-9-19-14(24-12)10-20-15(17-2)18-6-5-13-11-23-16(21-13)22-7-3-4-8-22/h9,11H,3-8,10H2,1-2H3,(H2,17,18,20). The third-order valence-corrected chi connectivity index (χ3v) is 5.75. The second-order valence-corrected chi connectivity index (χ2v) is 7.94. The number of nitrogens with zero attached hydrogens (tertiary/aromatic N) is 4. The zero-order valence-electron chi connectivity index (χ0n) is 14.2. The first kappa shape index (κ1) is 17.2. The van der Waals surface area contributed by atoms with Gasteiger partial charge in [0.05, 0.1) is 12.2 Å². The van der Waals surface area contributed by atoms with Gasteiger partial charge in [0.25, 0.3) is 0 Å². The maximum absolute atomic E-state index is 4.75. The Hall–Kier alpha value is -1.67. The van der Waals surface area contributed by atoms with Crippen LogP contribution in [-0.4, -0.2) is 42.6 Å². The summed E-state index contributed by atoms with van der Waals surface area (Å²) in [5.41, 5.74) is 1.15. The molecule has 1 aliphatic heterocycles. The van der Waals surface area contributed by atoms with Gasteiger partial charge in [-0.2, -0.15) is 0 Å². The number of hydrogen-bond donors (Lipinski definition) is 2. The molecule has 2 aromatic heterocycles. The van der Waals surface area contributed by atoms with Crippen molar-refractivity contribution < 1.29 is 0 Å². The topological polar surface area (TPSA) is 65.4 Å². The predicted molar refractivity (Wildman–Crippen MR) is 102 cm³/mol. The number of hydrogen-bond acceptors (Lipinski definition) is 6. The van der Waals surface area contributed by atoms with Crippen molar-refractivity contribution in [1.29, 1.82) is 0 Å². The molecule has 24 heavy (non-hydrogen) atoms. The van der Waals surface area contributed by atoms with Crippen LogP contribution in [0.2, 0.25) is 0 Å². The molecule has 3 rings (SSSR count). The lowest BCUT2D eigenvalue weighted by Gasteiger charge is -2.12. The predicted octanol–water partition coefficient (Wildman–Crippen LogP) is 2.42. The van der Waals surface area contributed by atoms with E-state index in [4.69, 9.17) is 4.98 Å². The van der Waals surface area contributed by atoms with Crippen molar-refractivity contribution in [3.63, 3.8) is 0 Å². The van der Waals surface area contributed by atoms with Gasteiger partial charge in [0.1, 0.15) is 5.01 Å². The quantitative estimate of drug-likeness (QED) is 0.609. The summed E-state index contributed by atoms with van der Waals surface area (Å²) in [6.07, 6.45) is 5.38. The zero-order valence-corrected chi connectivity index (χ0v) is 15.8. The van der Waals surface area contributed by atoms with Crippen LogP contribution in [-0.2, 0) is 13.0 Å². The fraction of sp³-hybridized carbons (Fsp3) is 0.562. The highest BCUT2D eigenvalue weighted by Crippen LogP contribution is 2.24. The summed E-state index contributed by atoms with van der Waals surface area (Å²) in [6, 6.07) is 0. The number of aliphatic imine (C=N–C) groups is 1. The number of rotatable bonds is 6. The summed E-state index contributed by atoms with van der Waals surface area (Å²) in [5, 5.41) is 11.1. The summed E-state index contributed by atoms with van der Waals surface area (Å²) in [5.74, 6) is 0.804. The zero-order chi connectivity index (χ0) is 16.8. The maximum atomic E-state index is 4.75. The fourth-order valence-electron chi connectivity index (χ4n) is 2.64. The first-order valence-corrected chi connectivity index (χ1v) is 9.99. The minimum absolute atomic E-state index is 0.702. The van der Waals surface area contributed by atoms with Gasteiger partial charge in [0, 0.05) is 49.6 Å². The Kier molecular flexibility index (Phi) is 6.03. The average Bonchev–Trinajstić information content (AvgIpc) is 3.32. The van der Waals surface area contributed by atoms with Crippen LogP contribution in [0.5, 0.6) is 0 Å². The molecule has 2 N–H and O–H groups in total. The lowest BCUT2D eigenvalue weighted by molar-refractivity contribution is 0.783. The molecule has 0 atom stereocenters. The molecule has 0 saturated carbocycles. The van der Waals surface area contributed by atoms with Gasteiger partial charge in [-0.1, -0.05) is 0 Å². The molecule has 8 heteroatoms. The van der Waals surface area contributed by atoms with E-state index in [2.05, 4.69) is 37.8 Å². The van der Waals surface area contributed by atoms with Crippen LogP contribution in [0.3, 0.4) is 0 Å². The molecule has 0 aromatic carbocycles. The number of nitrogens with one attached hydrogen (secondary N) is 2. The van der Waals surface area contributed by atoms with Crippen LogP contribution in [0.1, 0.15) is 28.4 Å². The molecule has 0 radical (unpaired) electrons. The molecule has 3 heterocycles. The monoisotopic (exact) mass is 364 g/mol. The average molecular weight is 365 g/mol. The lowest BCUT2D eigenvalue weighted by Crippen LogP contribution is -2.37. The molecule has 0 unspecified atom stereocenters. The summed E-state index contributed by atoms with van der Waals surface area (Å²) < 4.78 is 0. The molecule has 2 aromatic rings. The highest BCUT2D eigenvalue weighted by molar-refractivity contribution is 7.13. The van der Waals surface area contributed by atoms with Crippen LogP contribution in [0.4, 0.5) is 5.13 Å². The van der Waals surface area contributed by atoms with Gasteiger partial charge < -0.3 is 15.5 Å². The number of aromatic nitrogens is 2. The summed E-state index contributed by atoms with van der Waals surface area (Å²) in [4.78, 5) is 17.0. The Bertz CT molecular complexity index is 672. The van der Waals surface area contributed by atoms with Crippen molar-refractivity contribution in [1.82, 2.24) is 20.6 Å². The summed E-state index contributed by atoms with van der Waals surface area (Å²) in [7, 11) is 1.79. The van der Waals surface area contributed by atoms with Crippen LogP contribution < -0.4 is 15.5 Å². The van der Waals surface area contributed by atoms with Crippen LogP contribution in [0.15, 0.2) is 16.6 Å². The van der Waals surface area contributed by atoms with E-state index >= 15 is 0 Å². The van der Waals surface area contributed by atoms with Crippen molar-refractivity contribution in [2.75, 3.05) is 31.6 Å². The van der Waals surface area contributed by atoms with E-state index in [0.717, 1.165) is 42.7 Å². The fourth-order valence-corrected chi connectivity index (χ4v) is 4.28. The van der Waals surface area contributed by atoms with E-state index in [1.165, 1.54) is 22.9 Å². The lowest BCUT2D eigenvalue weighted by atomic mass is 10.3. The van der Waals surface area contributed by atoms with Crippen molar-refractivity contribution >= 4 is 33.8 Å². The Balaban J connectivity index is 1.41. The largest absolute Gasteiger partial charge is 0.356 e. The number of thiazole rings is 2. The van der Waals surface area contributed by atoms with E-state index in [-0.39, 0.29) is 0 Å². The van der Waals surface area contributed by atoms with Gasteiger partial charge in [-0.3, -0.25) is 4.99 Å². The molecule has 0 bridgehead atoms. The molecule has 1 fully saturated rings. The molecule has 1 aliphatic rings. The van der Waals surface area contributed by atoms with E-state index < -0.39 is 0 Å². The van der Waals surface area contributed by atoms with Gasteiger partial charge in [-0.05, 0) is 19.8 Å². The number of anilines is 1. The summed E-state index contributed by atoms with van der Waals surface area (Å²) in [6.45, 7) is 5.89. The van der Waals surface area contributed by atoms with Crippen LogP contribution >= 0.6 is 22.7 Å². The molecule has 6 nitrogen and oxygen atoms in total. The Morgan fingerprint density at radius 1 is 1.33 bits per heavy atom. The molecule has 0 spiro atoms. The first-order valence-electron chi connectivity index (χ1n) is 8.30. The van der Waals surface area contributed by atoms with Crippen molar-refractivity contribution in [3.8, 4) is 0 Å². The van der Waals surface area contributed by atoms with Crippen LogP contribution in [0, 0.1) is 6.92 Å². The normalized spacial score (nSPS) is 15.1. The Morgan fingerprint density at radius 3 is 2.88 bits per heavy atom. The van der Waals surface area contributed by atoms with E-state index in [9.17, 15) is 0 Å². The van der Waals surface area contributed by atoms with Gasteiger partial charge in [0.2, 0.25) is 0 Å². The van der Waals surface area contributed by atoms with Gasteiger partial charge in [-0.25, -0.2) is 9.97 Å². The van der Waals surface area contributed by atoms with Crippen LogP contribution in [0.25, 0.3) is 0 Å². The molecule has 130 valence electrons. The molecular weight excluding hydrogens is 340 g/mol. The van der Waals surface area contributed by atoms with Gasteiger partial charge in [-0.15, -0.1) is 22.7 Å². The SMILES string of the molecule is CN=C(NCCc1csc(N2CCCC2)n1)NCc1ncc(C)s1.